The SMILES string of the molecule is Cc1ccc(Cl)c(NC(=O)COC(=O)c2cc(C(C)(C)C)cc(C(C)(C)C)c2)c1Cl. The van der Waals surface area contributed by atoms with Crippen LogP contribution in [0.3, 0.4) is 0 Å². The number of benzene rings is 2. The number of anilines is 1. The van der Waals surface area contributed by atoms with Crippen molar-refractivity contribution in [2.75, 3.05) is 11.9 Å². The van der Waals surface area contributed by atoms with Gasteiger partial charge in [-0.1, -0.05) is 76.9 Å². The van der Waals surface area contributed by atoms with E-state index in [1.54, 1.807) is 12.1 Å². The average Bonchev–Trinajstić information content (AvgIpc) is 2.64. The van der Waals surface area contributed by atoms with Crippen LogP contribution in [0.2, 0.25) is 10.0 Å². The molecule has 0 bridgehead atoms. The third kappa shape index (κ3) is 5.99. The molecule has 0 saturated carbocycles. The summed E-state index contributed by atoms with van der Waals surface area (Å²) < 4.78 is 5.27. The van der Waals surface area contributed by atoms with E-state index in [4.69, 9.17) is 27.9 Å². The molecule has 0 spiro atoms. The summed E-state index contributed by atoms with van der Waals surface area (Å²) in [5, 5.41) is 3.29. The molecule has 0 heterocycles. The monoisotopic (exact) mass is 449 g/mol. The fourth-order valence-corrected chi connectivity index (χ4v) is 3.24. The Bertz CT molecular complexity index is 937. The van der Waals surface area contributed by atoms with Gasteiger partial charge in [-0.05, 0) is 52.6 Å². The first-order valence-electron chi connectivity index (χ1n) is 9.78. The van der Waals surface area contributed by atoms with Gasteiger partial charge in [-0.3, -0.25) is 4.79 Å². The molecular formula is C24H29Cl2NO3. The van der Waals surface area contributed by atoms with E-state index in [-0.39, 0.29) is 10.8 Å². The maximum absolute atomic E-state index is 12.7. The summed E-state index contributed by atoms with van der Waals surface area (Å²) in [7, 11) is 0. The Balaban J connectivity index is 2.18. The van der Waals surface area contributed by atoms with Crippen LogP contribution in [0.25, 0.3) is 0 Å². The Morgan fingerprint density at radius 2 is 1.47 bits per heavy atom. The smallest absolute Gasteiger partial charge is 0.338 e. The zero-order chi connectivity index (χ0) is 22.9. The molecule has 30 heavy (non-hydrogen) atoms. The van der Waals surface area contributed by atoms with Crippen LogP contribution in [0.5, 0.6) is 0 Å². The van der Waals surface area contributed by atoms with Crippen LogP contribution in [-0.4, -0.2) is 18.5 Å². The standard InChI is InChI=1S/C24H29Cl2NO3/c1-14-8-9-18(25)21(20(14)26)27-19(28)13-30-22(29)15-10-16(23(2,3)4)12-17(11-15)24(5,6)7/h8-12H,13H2,1-7H3,(H,27,28). The third-order valence-corrected chi connectivity index (χ3v) is 5.59. The first-order valence-corrected chi connectivity index (χ1v) is 10.5. The third-order valence-electron chi connectivity index (χ3n) is 4.78. The van der Waals surface area contributed by atoms with E-state index in [2.05, 4.69) is 52.9 Å². The predicted molar refractivity (Wildman–Crippen MR) is 124 cm³/mol. The lowest BCUT2D eigenvalue weighted by molar-refractivity contribution is -0.119. The Morgan fingerprint density at radius 1 is 0.933 bits per heavy atom. The molecule has 2 rings (SSSR count). The molecule has 2 aromatic carbocycles. The van der Waals surface area contributed by atoms with Gasteiger partial charge in [-0.15, -0.1) is 0 Å². The lowest BCUT2D eigenvalue weighted by atomic mass is 9.79. The Morgan fingerprint density at radius 3 is 1.97 bits per heavy atom. The van der Waals surface area contributed by atoms with Crippen molar-refractivity contribution in [3.8, 4) is 0 Å². The second kappa shape index (κ2) is 8.99. The van der Waals surface area contributed by atoms with Gasteiger partial charge in [0.05, 0.1) is 21.3 Å². The molecule has 6 heteroatoms. The molecule has 2 aromatic rings. The number of carbonyl (C=O) groups excluding carboxylic acids is 2. The van der Waals surface area contributed by atoms with Crippen LogP contribution in [0.4, 0.5) is 5.69 Å². The summed E-state index contributed by atoms with van der Waals surface area (Å²) >= 11 is 12.3. The van der Waals surface area contributed by atoms with Crippen LogP contribution in [0.15, 0.2) is 30.3 Å². The number of rotatable bonds is 4. The van der Waals surface area contributed by atoms with Gasteiger partial charge in [0.15, 0.2) is 6.61 Å². The highest BCUT2D eigenvalue weighted by Crippen LogP contribution is 2.33. The van der Waals surface area contributed by atoms with E-state index < -0.39 is 18.5 Å². The first-order chi connectivity index (χ1) is 13.7. The molecule has 0 atom stereocenters. The van der Waals surface area contributed by atoms with Crippen molar-refractivity contribution in [2.24, 2.45) is 0 Å². The van der Waals surface area contributed by atoms with Crippen molar-refractivity contribution in [1.29, 1.82) is 0 Å². The Labute approximate surface area is 188 Å². The fourth-order valence-electron chi connectivity index (χ4n) is 2.77. The minimum absolute atomic E-state index is 0.133. The normalized spacial score (nSPS) is 11.9. The maximum Gasteiger partial charge on any atom is 0.338 e. The molecule has 0 fully saturated rings. The number of esters is 1. The van der Waals surface area contributed by atoms with Gasteiger partial charge >= 0.3 is 5.97 Å². The second-order valence-corrected chi connectivity index (χ2v) is 10.3. The predicted octanol–water partition coefficient (Wildman–Crippen LogP) is 6.69. The lowest BCUT2D eigenvalue weighted by Gasteiger charge is -2.25. The fraction of sp³-hybridized carbons (Fsp3) is 0.417. The number of aryl methyl sites for hydroxylation is 1. The van der Waals surface area contributed by atoms with E-state index in [9.17, 15) is 9.59 Å². The van der Waals surface area contributed by atoms with Gasteiger partial charge in [0.25, 0.3) is 5.91 Å². The van der Waals surface area contributed by atoms with E-state index in [0.29, 0.717) is 21.3 Å². The quantitative estimate of drug-likeness (QED) is 0.528. The summed E-state index contributed by atoms with van der Waals surface area (Å²) in [6, 6.07) is 9.17. The number of ether oxygens (including phenoxy) is 1. The minimum atomic E-state index is -0.553. The molecule has 1 amide bonds. The number of hydrogen-bond donors (Lipinski definition) is 1. The second-order valence-electron chi connectivity index (χ2n) is 9.48. The van der Waals surface area contributed by atoms with Gasteiger partial charge < -0.3 is 10.1 Å². The summed E-state index contributed by atoms with van der Waals surface area (Å²) in [4.78, 5) is 25.0. The van der Waals surface area contributed by atoms with Crippen molar-refractivity contribution in [3.05, 3.63) is 62.6 Å². The molecule has 0 unspecified atom stereocenters. The van der Waals surface area contributed by atoms with E-state index >= 15 is 0 Å². The van der Waals surface area contributed by atoms with Crippen molar-refractivity contribution < 1.29 is 14.3 Å². The van der Waals surface area contributed by atoms with Gasteiger partial charge in [-0.2, -0.15) is 0 Å². The number of amides is 1. The highest BCUT2D eigenvalue weighted by atomic mass is 35.5. The molecule has 162 valence electrons. The zero-order valence-electron chi connectivity index (χ0n) is 18.6. The first kappa shape index (κ1) is 24.2. The molecule has 0 aliphatic rings. The van der Waals surface area contributed by atoms with Crippen LogP contribution in [0, 0.1) is 6.92 Å². The van der Waals surface area contributed by atoms with Crippen molar-refractivity contribution in [2.45, 2.75) is 59.3 Å². The summed E-state index contributed by atoms with van der Waals surface area (Å²) in [6.45, 7) is 13.9. The van der Waals surface area contributed by atoms with Gasteiger partial charge in [-0.25, -0.2) is 4.79 Å². The lowest BCUT2D eigenvalue weighted by Crippen LogP contribution is -2.22. The topological polar surface area (TPSA) is 55.4 Å². The number of carbonyl (C=O) groups is 2. The van der Waals surface area contributed by atoms with Crippen molar-refractivity contribution in [3.63, 3.8) is 0 Å². The molecule has 4 nitrogen and oxygen atoms in total. The van der Waals surface area contributed by atoms with Crippen LogP contribution >= 0.6 is 23.2 Å². The molecular weight excluding hydrogens is 421 g/mol. The van der Waals surface area contributed by atoms with Crippen LogP contribution in [-0.2, 0) is 20.4 Å². The largest absolute Gasteiger partial charge is 0.452 e. The molecule has 0 aliphatic heterocycles. The van der Waals surface area contributed by atoms with Crippen molar-refractivity contribution >= 4 is 40.8 Å². The zero-order valence-corrected chi connectivity index (χ0v) is 20.1. The highest BCUT2D eigenvalue weighted by molar-refractivity contribution is 6.40. The number of halogens is 2. The molecule has 0 radical (unpaired) electrons. The van der Waals surface area contributed by atoms with E-state index in [1.807, 2.05) is 19.1 Å². The Hall–Kier alpha value is -2.04. The van der Waals surface area contributed by atoms with Crippen LogP contribution in [0.1, 0.15) is 68.6 Å². The maximum atomic E-state index is 12.7. The summed E-state index contributed by atoms with van der Waals surface area (Å²) in [5.74, 6) is -1.07. The van der Waals surface area contributed by atoms with E-state index in [1.165, 1.54) is 0 Å². The van der Waals surface area contributed by atoms with Crippen LogP contribution < -0.4 is 5.32 Å². The van der Waals surface area contributed by atoms with Gasteiger partial charge in [0.1, 0.15) is 0 Å². The van der Waals surface area contributed by atoms with Gasteiger partial charge in [0, 0.05) is 0 Å². The average molecular weight is 450 g/mol. The number of hydrogen-bond acceptors (Lipinski definition) is 3. The molecule has 1 N–H and O–H groups in total. The summed E-state index contributed by atoms with van der Waals surface area (Å²) in [6.07, 6.45) is 0. The minimum Gasteiger partial charge on any atom is -0.452 e. The molecule has 0 saturated heterocycles. The van der Waals surface area contributed by atoms with Crippen molar-refractivity contribution in [1.82, 2.24) is 0 Å². The highest BCUT2D eigenvalue weighted by Gasteiger charge is 2.23. The van der Waals surface area contributed by atoms with E-state index in [0.717, 1.165) is 16.7 Å². The molecule has 0 aliphatic carbocycles. The summed E-state index contributed by atoms with van der Waals surface area (Å²) in [5.41, 5.74) is 3.31. The van der Waals surface area contributed by atoms with Gasteiger partial charge in [0.2, 0.25) is 0 Å². The molecule has 0 aromatic heterocycles. The Kier molecular flexibility index (Phi) is 7.26. The number of nitrogens with one attached hydrogen (secondary N) is 1.